The number of carbonyl (C=O) groups is 3. The SMILES string of the molecule is CC(C)(NC(=O)NCC(=O)NC1CCCCC1)C(=O)O. The molecule has 0 atom stereocenters. The molecule has 0 unspecified atom stereocenters. The molecule has 3 amide bonds. The summed E-state index contributed by atoms with van der Waals surface area (Å²) in [5.41, 5.74) is -1.37. The summed E-state index contributed by atoms with van der Waals surface area (Å²) in [4.78, 5) is 34.0. The second-order valence-electron chi connectivity index (χ2n) is 5.64. The van der Waals surface area contributed by atoms with Gasteiger partial charge in [0.15, 0.2) is 0 Å². The summed E-state index contributed by atoms with van der Waals surface area (Å²) in [7, 11) is 0. The van der Waals surface area contributed by atoms with Crippen LogP contribution in [0.3, 0.4) is 0 Å². The van der Waals surface area contributed by atoms with Gasteiger partial charge in [0.2, 0.25) is 5.91 Å². The van der Waals surface area contributed by atoms with E-state index in [2.05, 4.69) is 16.0 Å². The first-order chi connectivity index (χ1) is 9.31. The zero-order valence-corrected chi connectivity index (χ0v) is 12.0. The number of carboxylic acid groups (broad SMARTS) is 1. The number of carboxylic acids is 1. The van der Waals surface area contributed by atoms with Crippen molar-refractivity contribution in [3.63, 3.8) is 0 Å². The molecule has 0 aromatic rings. The number of carbonyl (C=O) groups excluding carboxylic acids is 2. The van der Waals surface area contributed by atoms with Crippen LogP contribution in [0.15, 0.2) is 0 Å². The van der Waals surface area contributed by atoms with Crippen molar-refractivity contribution >= 4 is 17.9 Å². The zero-order chi connectivity index (χ0) is 15.2. The van der Waals surface area contributed by atoms with Gasteiger partial charge in [-0.3, -0.25) is 4.79 Å². The minimum absolute atomic E-state index is 0.155. The summed E-state index contributed by atoms with van der Waals surface area (Å²) in [6.07, 6.45) is 5.39. The van der Waals surface area contributed by atoms with E-state index in [9.17, 15) is 14.4 Å². The highest BCUT2D eigenvalue weighted by Crippen LogP contribution is 2.17. The lowest BCUT2D eigenvalue weighted by atomic mass is 9.95. The normalized spacial score (nSPS) is 16.3. The fraction of sp³-hybridized carbons (Fsp3) is 0.769. The standard InChI is InChI=1S/C13H23N3O4/c1-13(2,11(18)19)16-12(20)14-8-10(17)15-9-6-4-3-5-7-9/h9H,3-8H2,1-2H3,(H,15,17)(H,18,19)(H2,14,16,20). The molecule has 7 nitrogen and oxygen atoms in total. The highest BCUT2D eigenvalue weighted by Gasteiger charge is 2.29. The molecule has 1 rings (SSSR count). The molecular formula is C13H23N3O4. The lowest BCUT2D eigenvalue weighted by Gasteiger charge is -2.23. The summed E-state index contributed by atoms with van der Waals surface area (Å²) in [6.45, 7) is 2.59. The van der Waals surface area contributed by atoms with Gasteiger partial charge >= 0.3 is 12.0 Å². The van der Waals surface area contributed by atoms with Crippen LogP contribution in [0, 0.1) is 0 Å². The smallest absolute Gasteiger partial charge is 0.328 e. The van der Waals surface area contributed by atoms with Crippen LogP contribution in [0.25, 0.3) is 0 Å². The first-order valence-corrected chi connectivity index (χ1v) is 6.90. The van der Waals surface area contributed by atoms with Crippen molar-refractivity contribution in [3.8, 4) is 0 Å². The van der Waals surface area contributed by atoms with Gasteiger partial charge in [-0.15, -0.1) is 0 Å². The molecule has 1 saturated carbocycles. The van der Waals surface area contributed by atoms with Gasteiger partial charge in [-0.1, -0.05) is 19.3 Å². The predicted molar refractivity (Wildman–Crippen MR) is 73.3 cm³/mol. The van der Waals surface area contributed by atoms with Crippen molar-refractivity contribution in [1.82, 2.24) is 16.0 Å². The third-order valence-electron chi connectivity index (χ3n) is 3.34. The average molecular weight is 285 g/mol. The summed E-state index contributed by atoms with van der Waals surface area (Å²) in [6, 6.07) is -0.479. The minimum atomic E-state index is -1.37. The number of urea groups is 1. The maximum Gasteiger partial charge on any atom is 0.328 e. The van der Waals surface area contributed by atoms with E-state index in [4.69, 9.17) is 5.11 Å². The molecule has 0 bridgehead atoms. The van der Waals surface area contributed by atoms with E-state index >= 15 is 0 Å². The van der Waals surface area contributed by atoms with Crippen LogP contribution < -0.4 is 16.0 Å². The van der Waals surface area contributed by atoms with E-state index in [0.717, 1.165) is 25.7 Å². The van der Waals surface area contributed by atoms with Crippen molar-refractivity contribution in [2.45, 2.75) is 57.5 Å². The van der Waals surface area contributed by atoms with Gasteiger partial charge in [0, 0.05) is 6.04 Å². The molecule has 1 aliphatic rings. The fourth-order valence-electron chi connectivity index (χ4n) is 2.07. The molecule has 0 aromatic heterocycles. The van der Waals surface area contributed by atoms with E-state index in [0.29, 0.717) is 0 Å². The number of nitrogens with one attached hydrogen (secondary N) is 3. The topological polar surface area (TPSA) is 108 Å². The maximum atomic E-state index is 11.6. The Morgan fingerprint density at radius 1 is 1.15 bits per heavy atom. The number of rotatable bonds is 5. The van der Waals surface area contributed by atoms with Crippen molar-refractivity contribution in [1.29, 1.82) is 0 Å². The van der Waals surface area contributed by atoms with Crippen molar-refractivity contribution < 1.29 is 19.5 Å². The molecule has 0 saturated heterocycles. The second kappa shape index (κ2) is 7.12. The van der Waals surface area contributed by atoms with E-state index in [1.807, 2.05) is 0 Å². The van der Waals surface area contributed by atoms with Crippen LogP contribution >= 0.6 is 0 Å². The van der Waals surface area contributed by atoms with Gasteiger partial charge < -0.3 is 21.1 Å². The molecule has 7 heteroatoms. The number of hydrogen-bond acceptors (Lipinski definition) is 3. The Bertz CT molecular complexity index is 376. The van der Waals surface area contributed by atoms with Crippen LogP contribution in [-0.2, 0) is 9.59 Å². The summed E-state index contributed by atoms with van der Waals surface area (Å²) >= 11 is 0. The Morgan fingerprint density at radius 2 is 1.75 bits per heavy atom. The second-order valence-corrected chi connectivity index (χ2v) is 5.64. The van der Waals surface area contributed by atoms with Crippen LogP contribution in [-0.4, -0.2) is 41.1 Å². The molecule has 0 spiro atoms. The lowest BCUT2D eigenvalue weighted by molar-refractivity contribution is -0.142. The summed E-state index contributed by atoms with van der Waals surface area (Å²) in [5, 5.41) is 16.4. The Labute approximate surface area is 118 Å². The Hall–Kier alpha value is -1.79. The van der Waals surface area contributed by atoms with E-state index in [1.54, 1.807) is 0 Å². The minimum Gasteiger partial charge on any atom is -0.480 e. The number of aliphatic carboxylic acids is 1. The number of hydrogen-bond donors (Lipinski definition) is 4. The van der Waals surface area contributed by atoms with Gasteiger partial charge in [-0.25, -0.2) is 9.59 Å². The Kier molecular flexibility index (Phi) is 5.79. The van der Waals surface area contributed by atoms with Gasteiger partial charge in [-0.2, -0.15) is 0 Å². The molecule has 0 heterocycles. The van der Waals surface area contributed by atoms with Crippen molar-refractivity contribution in [2.24, 2.45) is 0 Å². The molecule has 0 aromatic carbocycles. The molecule has 0 radical (unpaired) electrons. The van der Waals surface area contributed by atoms with E-state index in [-0.39, 0.29) is 18.5 Å². The first kappa shape index (κ1) is 16.3. The van der Waals surface area contributed by atoms with Gasteiger partial charge in [0.1, 0.15) is 5.54 Å². The van der Waals surface area contributed by atoms with Crippen molar-refractivity contribution in [2.75, 3.05) is 6.54 Å². The predicted octanol–water partition coefficient (Wildman–Crippen LogP) is 0.598. The van der Waals surface area contributed by atoms with Crippen LogP contribution in [0.2, 0.25) is 0 Å². The molecule has 0 aliphatic heterocycles. The molecule has 20 heavy (non-hydrogen) atoms. The quantitative estimate of drug-likeness (QED) is 0.593. The fourth-order valence-corrected chi connectivity index (χ4v) is 2.07. The molecule has 1 fully saturated rings. The van der Waals surface area contributed by atoms with Gasteiger partial charge in [-0.05, 0) is 26.7 Å². The third-order valence-corrected chi connectivity index (χ3v) is 3.34. The Morgan fingerprint density at radius 3 is 2.30 bits per heavy atom. The maximum absolute atomic E-state index is 11.6. The highest BCUT2D eigenvalue weighted by molar-refractivity contribution is 5.88. The molecule has 1 aliphatic carbocycles. The average Bonchev–Trinajstić information content (AvgIpc) is 2.37. The Balaban J connectivity index is 2.26. The van der Waals surface area contributed by atoms with E-state index < -0.39 is 17.5 Å². The van der Waals surface area contributed by atoms with Crippen LogP contribution in [0.1, 0.15) is 46.0 Å². The largest absolute Gasteiger partial charge is 0.480 e. The van der Waals surface area contributed by atoms with Crippen molar-refractivity contribution in [3.05, 3.63) is 0 Å². The number of amides is 3. The molecule has 4 N–H and O–H groups in total. The van der Waals surface area contributed by atoms with Gasteiger partial charge in [0.05, 0.1) is 6.54 Å². The summed E-state index contributed by atoms with van der Waals surface area (Å²) in [5.74, 6) is -1.39. The van der Waals surface area contributed by atoms with Crippen LogP contribution in [0.4, 0.5) is 4.79 Å². The third kappa shape index (κ3) is 5.46. The van der Waals surface area contributed by atoms with Gasteiger partial charge in [0.25, 0.3) is 0 Å². The van der Waals surface area contributed by atoms with Crippen LogP contribution in [0.5, 0.6) is 0 Å². The molecular weight excluding hydrogens is 262 g/mol. The summed E-state index contributed by atoms with van der Waals surface area (Å²) < 4.78 is 0. The zero-order valence-electron chi connectivity index (χ0n) is 12.0. The highest BCUT2D eigenvalue weighted by atomic mass is 16.4. The van der Waals surface area contributed by atoms with E-state index in [1.165, 1.54) is 20.3 Å². The first-order valence-electron chi connectivity index (χ1n) is 6.90. The lowest BCUT2D eigenvalue weighted by Crippen LogP contribution is -2.54. The monoisotopic (exact) mass is 285 g/mol. The molecule has 114 valence electrons.